The van der Waals surface area contributed by atoms with Crippen LogP contribution in [0.25, 0.3) is 11.6 Å². The third-order valence-electron chi connectivity index (χ3n) is 7.21. The number of nitrogens with zero attached hydrogens (tertiary/aromatic N) is 4. The largest absolute Gasteiger partial charge is 0.356 e. The molecule has 0 amide bonds. The number of aromatic nitrogens is 3. The van der Waals surface area contributed by atoms with Gasteiger partial charge in [-0.3, -0.25) is 9.88 Å². The lowest BCUT2D eigenvalue weighted by molar-refractivity contribution is -0.243. The highest BCUT2D eigenvalue weighted by Gasteiger charge is 2.36. The molecule has 3 aromatic rings. The number of pyridine rings is 1. The van der Waals surface area contributed by atoms with Gasteiger partial charge in [0.25, 0.3) is 0 Å². The van der Waals surface area contributed by atoms with Crippen LogP contribution in [0.2, 0.25) is 5.02 Å². The van der Waals surface area contributed by atoms with E-state index in [4.69, 9.17) is 21.3 Å². The molecular weight excluding hydrogens is 472 g/mol. The van der Waals surface area contributed by atoms with E-state index in [0.717, 1.165) is 49.6 Å². The summed E-state index contributed by atoms with van der Waals surface area (Å²) >= 11 is 6.48. The Morgan fingerprint density at radius 3 is 2.69 bits per heavy atom. The van der Waals surface area contributed by atoms with Crippen molar-refractivity contribution in [3.05, 3.63) is 82.7 Å². The lowest BCUT2D eigenvalue weighted by atomic mass is 9.76. The minimum atomic E-state index is -0.881. The first-order valence-corrected chi connectivity index (χ1v) is 13.2. The van der Waals surface area contributed by atoms with Gasteiger partial charge in [0.05, 0.1) is 17.6 Å². The second kappa shape index (κ2) is 10.5. The van der Waals surface area contributed by atoms with Crippen LogP contribution < -0.4 is 0 Å². The number of halogens is 1. The number of imidazole rings is 1. The zero-order valence-electron chi connectivity index (χ0n) is 21.3. The molecular formula is C29H35ClN4O2. The number of benzene rings is 1. The van der Waals surface area contributed by atoms with Gasteiger partial charge in [-0.1, -0.05) is 29.8 Å². The number of hydrogen-bond acceptors (Lipinski definition) is 5. The van der Waals surface area contributed by atoms with Crippen molar-refractivity contribution in [2.45, 2.75) is 64.5 Å². The molecule has 2 atom stereocenters. The summed E-state index contributed by atoms with van der Waals surface area (Å²) in [7, 11) is 0. The van der Waals surface area contributed by atoms with Crippen molar-refractivity contribution in [3.63, 3.8) is 0 Å². The first-order valence-electron chi connectivity index (χ1n) is 12.8. The molecule has 2 aliphatic rings. The van der Waals surface area contributed by atoms with E-state index in [0.29, 0.717) is 5.92 Å². The van der Waals surface area contributed by atoms with Crippen molar-refractivity contribution in [1.82, 2.24) is 19.4 Å². The molecule has 1 fully saturated rings. The number of likely N-dealkylation sites (tertiary alicyclic amines) is 1. The minimum absolute atomic E-state index is 0.165. The molecule has 0 spiro atoms. The van der Waals surface area contributed by atoms with Crippen LogP contribution >= 0.6 is 11.6 Å². The summed E-state index contributed by atoms with van der Waals surface area (Å²) in [6, 6.07) is 10.5. The number of allylic oxidation sites excluding steroid dienone is 1. The van der Waals surface area contributed by atoms with Gasteiger partial charge in [0.1, 0.15) is 0 Å². The molecule has 2 aromatic heterocycles. The Bertz CT molecular complexity index is 1210. The van der Waals surface area contributed by atoms with Crippen molar-refractivity contribution in [2.24, 2.45) is 5.92 Å². The van der Waals surface area contributed by atoms with E-state index in [1.807, 2.05) is 62.7 Å². The topological polar surface area (TPSA) is 63.4 Å². The molecule has 5 rings (SSSR count). The van der Waals surface area contributed by atoms with Gasteiger partial charge in [-0.05, 0) is 86.4 Å². The maximum Gasteiger partial charge on any atom is 0.216 e. The molecule has 1 aromatic carbocycles. The van der Waals surface area contributed by atoms with Crippen molar-refractivity contribution < 1.29 is 9.84 Å². The average molecular weight is 507 g/mol. The van der Waals surface area contributed by atoms with Gasteiger partial charge in [-0.25, -0.2) is 4.98 Å². The number of ether oxygens (including phenoxy) is 1. The molecule has 6 nitrogen and oxygen atoms in total. The van der Waals surface area contributed by atoms with Crippen LogP contribution in [0.15, 0.2) is 55.2 Å². The molecule has 0 radical (unpaired) electrons. The van der Waals surface area contributed by atoms with Crippen LogP contribution in [-0.2, 0) is 11.3 Å². The van der Waals surface area contributed by atoms with Gasteiger partial charge >= 0.3 is 0 Å². The molecule has 1 saturated heterocycles. The van der Waals surface area contributed by atoms with E-state index in [1.165, 1.54) is 22.3 Å². The maximum absolute atomic E-state index is 10.6. The van der Waals surface area contributed by atoms with Gasteiger partial charge in [-0.2, -0.15) is 0 Å². The molecule has 7 heteroatoms. The number of aliphatic hydroxyl groups is 1. The van der Waals surface area contributed by atoms with Crippen molar-refractivity contribution >= 4 is 23.3 Å². The first kappa shape index (κ1) is 25.2. The number of aryl methyl sites for hydroxylation is 1. The van der Waals surface area contributed by atoms with Crippen LogP contribution in [0.3, 0.4) is 0 Å². The Morgan fingerprint density at radius 1 is 1.17 bits per heavy atom. The lowest BCUT2D eigenvalue weighted by Gasteiger charge is -2.39. The highest BCUT2D eigenvalue weighted by atomic mass is 35.5. The number of hydrogen-bond donors (Lipinski definition) is 1. The molecule has 1 aliphatic heterocycles. The van der Waals surface area contributed by atoms with Crippen LogP contribution in [-0.4, -0.2) is 49.6 Å². The first-order chi connectivity index (χ1) is 17.3. The zero-order valence-corrected chi connectivity index (χ0v) is 22.0. The number of rotatable bonds is 6. The second-order valence-corrected chi connectivity index (χ2v) is 11.3. The van der Waals surface area contributed by atoms with Gasteiger partial charge in [0, 0.05) is 49.2 Å². The fraction of sp³-hybridized carbons (Fsp3) is 0.448. The van der Waals surface area contributed by atoms with E-state index in [1.54, 1.807) is 0 Å². The highest BCUT2D eigenvalue weighted by Crippen LogP contribution is 2.45. The Kier molecular flexibility index (Phi) is 7.31. The predicted molar refractivity (Wildman–Crippen MR) is 143 cm³/mol. The van der Waals surface area contributed by atoms with Crippen LogP contribution in [0.1, 0.15) is 68.3 Å². The van der Waals surface area contributed by atoms with E-state index < -0.39 is 12.0 Å². The Labute approximate surface area is 218 Å². The highest BCUT2D eigenvalue weighted by molar-refractivity contribution is 6.30. The average Bonchev–Trinajstić information content (AvgIpc) is 3.32. The van der Waals surface area contributed by atoms with E-state index in [9.17, 15) is 5.11 Å². The molecule has 2 unspecified atom stereocenters. The van der Waals surface area contributed by atoms with Gasteiger partial charge in [0.2, 0.25) is 6.41 Å². The standard InChI is InChI=1S/C29H35ClN4O2/c1-29(2,3)36-28(35)34-14-9-20(10-15-34)26-24-7-6-23(30)18-22(24)17-21(8-13-33-16-12-31-19-33)25-5-4-11-32-27(25)26/h4-7,11-12,16-20,26,28,35H,8-10,13-15H2,1-3H3. The van der Waals surface area contributed by atoms with Gasteiger partial charge in [0.15, 0.2) is 0 Å². The Morgan fingerprint density at radius 2 is 1.97 bits per heavy atom. The summed E-state index contributed by atoms with van der Waals surface area (Å²) in [6.07, 6.45) is 11.8. The Balaban J connectivity index is 1.45. The molecule has 1 N–H and O–H groups in total. The molecule has 36 heavy (non-hydrogen) atoms. The van der Waals surface area contributed by atoms with Gasteiger partial charge < -0.3 is 14.4 Å². The number of fused-ring (bicyclic) bond motifs is 2. The fourth-order valence-corrected chi connectivity index (χ4v) is 5.70. The van der Waals surface area contributed by atoms with Crippen LogP contribution in [0.4, 0.5) is 0 Å². The zero-order chi connectivity index (χ0) is 25.3. The minimum Gasteiger partial charge on any atom is -0.356 e. The number of piperidine rings is 1. The molecule has 1 aliphatic carbocycles. The van der Waals surface area contributed by atoms with Crippen LogP contribution in [0, 0.1) is 5.92 Å². The smallest absolute Gasteiger partial charge is 0.216 e. The van der Waals surface area contributed by atoms with E-state index >= 15 is 0 Å². The van der Waals surface area contributed by atoms with Crippen LogP contribution in [0.5, 0.6) is 0 Å². The fourth-order valence-electron chi connectivity index (χ4n) is 5.52. The quantitative estimate of drug-likeness (QED) is 0.427. The third-order valence-corrected chi connectivity index (χ3v) is 7.44. The molecule has 0 bridgehead atoms. The Hall–Kier alpha value is -2.51. The maximum atomic E-state index is 10.6. The summed E-state index contributed by atoms with van der Waals surface area (Å²) in [4.78, 5) is 11.2. The predicted octanol–water partition coefficient (Wildman–Crippen LogP) is 5.81. The molecule has 0 saturated carbocycles. The molecule has 190 valence electrons. The summed E-state index contributed by atoms with van der Waals surface area (Å²) in [5.74, 6) is 0.566. The van der Waals surface area contributed by atoms with Crippen molar-refractivity contribution in [3.8, 4) is 0 Å². The van der Waals surface area contributed by atoms with Crippen molar-refractivity contribution in [2.75, 3.05) is 13.1 Å². The normalized spacial score (nSPS) is 19.8. The summed E-state index contributed by atoms with van der Waals surface area (Å²) in [5.41, 5.74) is 5.68. The van der Waals surface area contributed by atoms with Gasteiger partial charge in [-0.15, -0.1) is 0 Å². The van der Waals surface area contributed by atoms with Crippen molar-refractivity contribution in [1.29, 1.82) is 0 Å². The molecule has 3 heterocycles. The summed E-state index contributed by atoms with van der Waals surface area (Å²) in [6.45, 7) is 8.32. The third kappa shape index (κ3) is 5.57. The summed E-state index contributed by atoms with van der Waals surface area (Å²) < 4.78 is 7.92. The van der Waals surface area contributed by atoms with E-state index in [-0.39, 0.29) is 5.92 Å². The SMILES string of the molecule is CC(C)(C)OC(O)N1CCC(C2c3ccc(Cl)cc3C=C(CCn3ccnc3)c3cccnc32)CC1. The number of aliphatic hydroxyl groups excluding tert-OH is 1. The second-order valence-electron chi connectivity index (χ2n) is 10.8. The van der Waals surface area contributed by atoms with E-state index in [2.05, 4.69) is 33.8 Å². The summed E-state index contributed by atoms with van der Waals surface area (Å²) in [5, 5.41) is 11.4. The monoisotopic (exact) mass is 506 g/mol. The lowest BCUT2D eigenvalue weighted by Crippen LogP contribution is -2.46.